The van der Waals surface area contributed by atoms with Gasteiger partial charge in [-0.05, 0) is 42.8 Å². The lowest BCUT2D eigenvalue weighted by Gasteiger charge is -2.39. The summed E-state index contributed by atoms with van der Waals surface area (Å²) in [6.07, 6.45) is 0.637. The van der Waals surface area contributed by atoms with Gasteiger partial charge in [0.25, 0.3) is 0 Å². The Hall–Kier alpha value is -2.48. The Morgan fingerprint density at radius 1 is 1.36 bits per heavy atom. The van der Waals surface area contributed by atoms with Crippen molar-refractivity contribution in [3.63, 3.8) is 0 Å². The van der Waals surface area contributed by atoms with Gasteiger partial charge in [0.2, 0.25) is 11.9 Å². The van der Waals surface area contributed by atoms with Gasteiger partial charge in [-0.2, -0.15) is 4.68 Å². The van der Waals surface area contributed by atoms with Crippen LogP contribution >= 0.6 is 0 Å². The van der Waals surface area contributed by atoms with Crippen LogP contribution in [0.1, 0.15) is 27.2 Å². The molecule has 134 valence electrons. The second kappa shape index (κ2) is 7.18. The highest BCUT2D eigenvalue weighted by molar-refractivity contribution is 5.84. The van der Waals surface area contributed by atoms with Gasteiger partial charge < -0.3 is 15.0 Å². The lowest BCUT2D eigenvalue weighted by molar-refractivity contribution is -0.146. The van der Waals surface area contributed by atoms with E-state index in [9.17, 15) is 4.79 Å². The van der Waals surface area contributed by atoms with Crippen molar-refractivity contribution in [2.75, 3.05) is 25.0 Å². The molecule has 1 aliphatic heterocycles. The van der Waals surface area contributed by atoms with E-state index in [1.807, 2.05) is 56.0 Å². The fourth-order valence-corrected chi connectivity index (χ4v) is 2.94. The number of para-hydroxylation sites is 1. The van der Waals surface area contributed by atoms with Crippen molar-refractivity contribution in [3.05, 3.63) is 30.3 Å². The molecule has 1 N–H and O–H groups in total. The highest BCUT2D eigenvalue weighted by atomic mass is 16.5. The van der Waals surface area contributed by atoms with Crippen molar-refractivity contribution < 1.29 is 9.53 Å². The average Bonchev–Trinajstić information content (AvgIpc) is 3.07. The molecule has 0 radical (unpaired) electrons. The van der Waals surface area contributed by atoms with Crippen molar-refractivity contribution in [3.8, 4) is 5.69 Å². The number of amides is 1. The average molecular weight is 344 g/mol. The van der Waals surface area contributed by atoms with Crippen molar-refractivity contribution >= 4 is 11.9 Å². The molecule has 1 aromatic carbocycles. The quantitative estimate of drug-likeness (QED) is 0.884. The van der Waals surface area contributed by atoms with E-state index < -0.39 is 0 Å². The maximum absolute atomic E-state index is 12.9. The number of hydrogen-bond acceptors (Lipinski definition) is 6. The number of morpholine rings is 1. The van der Waals surface area contributed by atoms with E-state index in [1.54, 1.807) is 4.68 Å². The number of nitrogens with zero attached hydrogens (tertiary/aromatic N) is 5. The third kappa shape index (κ3) is 3.96. The summed E-state index contributed by atoms with van der Waals surface area (Å²) in [5.74, 6) is 0.500. The zero-order valence-electron chi connectivity index (χ0n) is 14.8. The van der Waals surface area contributed by atoms with E-state index in [0.717, 1.165) is 5.69 Å². The van der Waals surface area contributed by atoms with Gasteiger partial charge in [0.1, 0.15) is 6.04 Å². The molecule has 0 aliphatic carbocycles. The number of tetrazole rings is 1. The SMILES string of the molecule is CCC(Nc1nnnn1-c1ccccc1)C(=O)N1CCOC(C)(C)C1. The minimum atomic E-state index is -0.387. The van der Waals surface area contributed by atoms with Gasteiger partial charge in [0.05, 0.1) is 17.9 Å². The zero-order chi connectivity index (χ0) is 17.9. The molecule has 0 bridgehead atoms. The second-order valence-corrected chi connectivity index (χ2v) is 6.72. The molecule has 8 heteroatoms. The van der Waals surface area contributed by atoms with Gasteiger partial charge in [0, 0.05) is 13.1 Å². The summed E-state index contributed by atoms with van der Waals surface area (Å²) in [4.78, 5) is 14.8. The topological polar surface area (TPSA) is 85.2 Å². The molecular weight excluding hydrogens is 320 g/mol. The Bertz CT molecular complexity index is 715. The van der Waals surface area contributed by atoms with Crippen LogP contribution in [0.3, 0.4) is 0 Å². The van der Waals surface area contributed by atoms with Crippen LogP contribution in [-0.2, 0) is 9.53 Å². The second-order valence-electron chi connectivity index (χ2n) is 6.72. The highest BCUT2D eigenvalue weighted by Gasteiger charge is 2.33. The van der Waals surface area contributed by atoms with Gasteiger partial charge in [-0.15, -0.1) is 0 Å². The summed E-state index contributed by atoms with van der Waals surface area (Å²) in [6.45, 7) is 7.69. The molecule has 1 aromatic heterocycles. The Kier molecular flexibility index (Phi) is 4.98. The van der Waals surface area contributed by atoms with E-state index in [-0.39, 0.29) is 17.6 Å². The van der Waals surface area contributed by atoms with Crippen molar-refractivity contribution in [1.82, 2.24) is 25.1 Å². The lowest BCUT2D eigenvalue weighted by Crippen LogP contribution is -2.54. The first-order chi connectivity index (χ1) is 12.0. The zero-order valence-corrected chi connectivity index (χ0v) is 14.8. The lowest BCUT2D eigenvalue weighted by atomic mass is 10.1. The molecule has 1 unspecified atom stereocenters. The number of anilines is 1. The van der Waals surface area contributed by atoms with Crippen LogP contribution in [0.5, 0.6) is 0 Å². The molecule has 1 atom stereocenters. The predicted molar refractivity (Wildman–Crippen MR) is 93.5 cm³/mol. The van der Waals surface area contributed by atoms with Crippen LogP contribution < -0.4 is 5.32 Å². The van der Waals surface area contributed by atoms with Crippen LogP contribution in [0.4, 0.5) is 5.95 Å². The minimum absolute atomic E-state index is 0.0430. The Balaban J connectivity index is 1.75. The Morgan fingerprint density at radius 3 is 2.80 bits per heavy atom. The minimum Gasteiger partial charge on any atom is -0.372 e. The number of ether oxygens (including phenoxy) is 1. The molecule has 0 spiro atoms. The largest absolute Gasteiger partial charge is 0.372 e. The first kappa shape index (κ1) is 17.3. The smallest absolute Gasteiger partial charge is 0.248 e. The van der Waals surface area contributed by atoms with Gasteiger partial charge in [-0.3, -0.25) is 4.79 Å². The summed E-state index contributed by atoms with van der Waals surface area (Å²) in [7, 11) is 0. The van der Waals surface area contributed by atoms with Crippen LogP contribution in [0.2, 0.25) is 0 Å². The third-order valence-corrected chi connectivity index (χ3v) is 4.22. The predicted octanol–water partition coefficient (Wildman–Crippen LogP) is 1.49. The normalized spacial score (nSPS) is 18.0. The summed E-state index contributed by atoms with van der Waals surface area (Å²) < 4.78 is 7.29. The Labute approximate surface area is 147 Å². The van der Waals surface area contributed by atoms with Crippen LogP contribution in [-0.4, -0.2) is 62.4 Å². The van der Waals surface area contributed by atoms with Crippen LogP contribution in [0.15, 0.2) is 30.3 Å². The number of carbonyl (C=O) groups excluding carboxylic acids is 1. The van der Waals surface area contributed by atoms with E-state index in [1.165, 1.54) is 0 Å². The van der Waals surface area contributed by atoms with E-state index in [0.29, 0.717) is 32.1 Å². The number of hydrogen-bond donors (Lipinski definition) is 1. The van der Waals surface area contributed by atoms with Gasteiger partial charge in [0.15, 0.2) is 0 Å². The molecule has 0 saturated carbocycles. The Morgan fingerprint density at radius 2 is 2.12 bits per heavy atom. The molecule has 2 heterocycles. The van der Waals surface area contributed by atoms with E-state index >= 15 is 0 Å². The number of rotatable bonds is 5. The summed E-state index contributed by atoms with van der Waals surface area (Å²) in [6, 6.07) is 9.20. The first-order valence-corrected chi connectivity index (χ1v) is 8.53. The monoisotopic (exact) mass is 344 g/mol. The van der Waals surface area contributed by atoms with E-state index in [2.05, 4.69) is 20.8 Å². The first-order valence-electron chi connectivity index (χ1n) is 8.53. The molecule has 1 aliphatic rings. The van der Waals surface area contributed by atoms with Gasteiger partial charge >= 0.3 is 0 Å². The summed E-state index contributed by atoms with van der Waals surface area (Å²) >= 11 is 0. The summed E-state index contributed by atoms with van der Waals surface area (Å²) in [5, 5.41) is 15.0. The molecule has 1 amide bonds. The highest BCUT2D eigenvalue weighted by Crippen LogP contribution is 2.19. The number of aromatic nitrogens is 4. The van der Waals surface area contributed by atoms with Crippen molar-refractivity contribution in [1.29, 1.82) is 0 Å². The van der Waals surface area contributed by atoms with Crippen molar-refractivity contribution in [2.45, 2.75) is 38.8 Å². The van der Waals surface area contributed by atoms with Gasteiger partial charge in [-0.25, -0.2) is 0 Å². The van der Waals surface area contributed by atoms with Crippen LogP contribution in [0, 0.1) is 0 Å². The molecule has 1 fully saturated rings. The molecule has 25 heavy (non-hydrogen) atoms. The van der Waals surface area contributed by atoms with Crippen LogP contribution in [0.25, 0.3) is 5.69 Å². The van der Waals surface area contributed by atoms with E-state index in [4.69, 9.17) is 4.74 Å². The maximum Gasteiger partial charge on any atom is 0.248 e. The molecule has 2 aromatic rings. The van der Waals surface area contributed by atoms with Crippen molar-refractivity contribution in [2.24, 2.45) is 0 Å². The number of benzene rings is 1. The third-order valence-electron chi connectivity index (χ3n) is 4.22. The molecular formula is C17H24N6O2. The summed E-state index contributed by atoms with van der Waals surface area (Å²) in [5.41, 5.74) is 0.516. The van der Waals surface area contributed by atoms with Gasteiger partial charge in [-0.1, -0.05) is 30.2 Å². The molecule has 1 saturated heterocycles. The standard InChI is InChI=1S/C17H24N6O2/c1-4-14(15(24)22-10-11-25-17(2,3)12-22)18-16-19-20-21-23(16)13-8-6-5-7-9-13/h5-9,14H,4,10-12H2,1-3H3,(H,18,19,21). The maximum atomic E-state index is 12.9. The number of nitrogens with one attached hydrogen (secondary N) is 1. The molecule has 3 rings (SSSR count). The molecule has 8 nitrogen and oxygen atoms in total. The fourth-order valence-electron chi connectivity index (χ4n) is 2.94. The fraction of sp³-hybridized carbons (Fsp3) is 0.529. The number of carbonyl (C=O) groups is 1.